The number of hydrogen-bond acceptors (Lipinski definition) is 3. The second kappa shape index (κ2) is 4.35. The summed E-state index contributed by atoms with van der Waals surface area (Å²) in [5, 5.41) is 0. The highest BCUT2D eigenvalue weighted by atomic mass is 16.5. The molecule has 1 heterocycles. The highest BCUT2D eigenvalue weighted by molar-refractivity contribution is 5.82. The molecule has 0 atom stereocenters. The van der Waals surface area contributed by atoms with Gasteiger partial charge in [0.1, 0.15) is 0 Å². The molecule has 2 rings (SSSR count). The third-order valence-corrected chi connectivity index (χ3v) is 3.25. The first kappa shape index (κ1) is 10.7. The Hall–Kier alpha value is -0.830. The smallest absolute Gasteiger partial charge is 0.330 e. The minimum atomic E-state index is -0.205. The van der Waals surface area contributed by atoms with E-state index in [-0.39, 0.29) is 11.6 Å². The molecule has 3 nitrogen and oxygen atoms in total. The van der Waals surface area contributed by atoms with E-state index in [1.54, 1.807) is 6.08 Å². The molecule has 1 spiro atoms. The Morgan fingerprint density at radius 1 is 1.60 bits per heavy atom. The van der Waals surface area contributed by atoms with Crippen LogP contribution in [0.3, 0.4) is 0 Å². The van der Waals surface area contributed by atoms with Crippen LogP contribution in [0.4, 0.5) is 0 Å². The Balaban J connectivity index is 1.94. The summed E-state index contributed by atoms with van der Waals surface area (Å²) in [7, 11) is 0. The molecule has 0 unspecified atom stereocenters. The van der Waals surface area contributed by atoms with Crippen molar-refractivity contribution in [3.05, 3.63) is 11.6 Å². The lowest BCUT2D eigenvalue weighted by atomic mass is 9.74. The van der Waals surface area contributed by atoms with Crippen molar-refractivity contribution in [2.75, 3.05) is 13.2 Å². The highest BCUT2D eigenvalue weighted by Crippen LogP contribution is 2.43. The van der Waals surface area contributed by atoms with Crippen LogP contribution in [-0.2, 0) is 14.3 Å². The molecule has 1 aliphatic heterocycles. The molecule has 2 aliphatic rings. The summed E-state index contributed by atoms with van der Waals surface area (Å²) in [6.45, 7) is 3.03. The van der Waals surface area contributed by atoms with E-state index in [2.05, 4.69) is 0 Å². The summed E-state index contributed by atoms with van der Waals surface area (Å²) in [6, 6.07) is 0. The van der Waals surface area contributed by atoms with Gasteiger partial charge >= 0.3 is 5.97 Å². The SMILES string of the molecule is CCOC(=O)/C=C1/CCOC2(CCC2)C1. The van der Waals surface area contributed by atoms with Gasteiger partial charge in [0.05, 0.1) is 18.8 Å². The third-order valence-electron chi connectivity index (χ3n) is 3.25. The topological polar surface area (TPSA) is 35.5 Å². The molecule has 0 aromatic carbocycles. The first-order chi connectivity index (χ1) is 7.24. The van der Waals surface area contributed by atoms with E-state index < -0.39 is 0 Å². The van der Waals surface area contributed by atoms with Gasteiger partial charge in [0.15, 0.2) is 0 Å². The van der Waals surface area contributed by atoms with Crippen molar-refractivity contribution < 1.29 is 14.3 Å². The van der Waals surface area contributed by atoms with Crippen molar-refractivity contribution in [1.29, 1.82) is 0 Å². The van der Waals surface area contributed by atoms with Gasteiger partial charge in [-0.1, -0.05) is 5.57 Å². The molecular weight excluding hydrogens is 192 g/mol. The van der Waals surface area contributed by atoms with E-state index in [9.17, 15) is 4.79 Å². The van der Waals surface area contributed by atoms with Crippen LogP contribution in [0.2, 0.25) is 0 Å². The first-order valence-electron chi connectivity index (χ1n) is 5.74. The van der Waals surface area contributed by atoms with Crippen LogP contribution < -0.4 is 0 Å². The Labute approximate surface area is 90.4 Å². The molecule has 0 N–H and O–H groups in total. The van der Waals surface area contributed by atoms with Gasteiger partial charge in [0.25, 0.3) is 0 Å². The van der Waals surface area contributed by atoms with E-state index in [1.807, 2.05) is 6.92 Å². The maximum absolute atomic E-state index is 11.3. The number of carbonyl (C=O) groups excluding carboxylic acids is 1. The zero-order chi connectivity index (χ0) is 10.7. The zero-order valence-corrected chi connectivity index (χ0v) is 9.25. The summed E-state index contributed by atoms with van der Waals surface area (Å²) in [6.07, 6.45) is 7.01. The van der Waals surface area contributed by atoms with Crippen LogP contribution in [0.5, 0.6) is 0 Å². The normalized spacial score (nSPS) is 26.3. The number of ether oxygens (including phenoxy) is 2. The van der Waals surface area contributed by atoms with Crippen molar-refractivity contribution in [3.8, 4) is 0 Å². The van der Waals surface area contributed by atoms with Gasteiger partial charge in [-0.25, -0.2) is 4.79 Å². The van der Waals surface area contributed by atoms with Crippen molar-refractivity contribution in [3.63, 3.8) is 0 Å². The van der Waals surface area contributed by atoms with Crippen molar-refractivity contribution in [2.24, 2.45) is 0 Å². The molecule has 1 saturated carbocycles. The molecule has 3 heteroatoms. The quantitative estimate of drug-likeness (QED) is 0.518. The molecule has 0 amide bonds. The van der Waals surface area contributed by atoms with Crippen LogP contribution in [0, 0.1) is 0 Å². The molecule has 1 aliphatic carbocycles. The fourth-order valence-electron chi connectivity index (χ4n) is 2.32. The Kier molecular flexibility index (Phi) is 3.10. The first-order valence-corrected chi connectivity index (χ1v) is 5.74. The fourth-order valence-corrected chi connectivity index (χ4v) is 2.32. The number of carbonyl (C=O) groups is 1. The predicted octanol–water partition coefficient (Wildman–Crippen LogP) is 2.21. The van der Waals surface area contributed by atoms with Gasteiger partial charge in [-0.05, 0) is 39.0 Å². The lowest BCUT2D eigenvalue weighted by Gasteiger charge is -2.45. The molecule has 84 valence electrons. The molecular formula is C12H18O3. The number of rotatable bonds is 2. The molecule has 0 aromatic rings. The average molecular weight is 210 g/mol. The maximum atomic E-state index is 11.3. The summed E-state index contributed by atoms with van der Waals surface area (Å²) >= 11 is 0. The van der Waals surface area contributed by atoms with Crippen LogP contribution in [0.25, 0.3) is 0 Å². The van der Waals surface area contributed by atoms with Crippen molar-refractivity contribution in [1.82, 2.24) is 0 Å². The van der Waals surface area contributed by atoms with E-state index in [1.165, 1.54) is 12.0 Å². The minimum Gasteiger partial charge on any atom is -0.463 e. The second-order valence-corrected chi connectivity index (χ2v) is 4.37. The predicted molar refractivity (Wildman–Crippen MR) is 56.5 cm³/mol. The summed E-state index contributed by atoms with van der Waals surface area (Å²) in [4.78, 5) is 11.3. The van der Waals surface area contributed by atoms with E-state index in [0.29, 0.717) is 6.61 Å². The summed E-state index contributed by atoms with van der Waals surface area (Å²) in [5.74, 6) is -0.205. The van der Waals surface area contributed by atoms with Gasteiger partial charge in [0.2, 0.25) is 0 Å². The van der Waals surface area contributed by atoms with Gasteiger partial charge in [0, 0.05) is 6.08 Å². The van der Waals surface area contributed by atoms with Crippen LogP contribution in [0.15, 0.2) is 11.6 Å². The van der Waals surface area contributed by atoms with E-state index in [4.69, 9.17) is 9.47 Å². The van der Waals surface area contributed by atoms with Crippen LogP contribution in [0.1, 0.15) is 39.0 Å². The summed E-state index contributed by atoms with van der Waals surface area (Å²) in [5.41, 5.74) is 1.27. The van der Waals surface area contributed by atoms with E-state index in [0.717, 1.165) is 32.3 Å². The average Bonchev–Trinajstić information content (AvgIpc) is 2.16. The van der Waals surface area contributed by atoms with Crippen LogP contribution in [-0.4, -0.2) is 24.8 Å². The van der Waals surface area contributed by atoms with Gasteiger partial charge < -0.3 is 9.47 Å². The Bertz CT molecular complexity index is 277. The monoisotopic (exact) mass is 210 g/mol. The lowest BCUT2D eigenvalue weighted by molar-refractivity contribution is -0.137. The standard InChI is InChI=1S/C12H18O3/c1-2-14-11(13)8-10-4-7-15-12(9-10)5-3-6-12/h8H,2-7,9H2,1H3/b10-8-. The second-order valence-electron chi connectivity index (χ2n) is 4.37. The molecule has 1 saturated heterocycles. The van der Waals surface area contributed by atoms with Crippen molar-refractivity contribution in [2.45, 2.75) is 44.6 Å². The number of hydrogen-bond donors (Lipinski definition) is 0. The van der Waals surface area contributed by atoms with Gasteiger partial charge in [-0.15, -0.1) is 0 Å². The molecule has 0 aromatic heterocycles. The Morgan fingerprint density at radius 3 is 3.00 bits per heavy atom. The molecule has 0 bridgehead atoms. The molecule has 2 fully saturated rings. The largest absolute Gasteiger partial charge is 0.463 e. The van der Waals surface area contributed by atoms with Gasteiger partial charge in [-0.3, -0.25) is 0 Å². The van der Waals surface area contributed by atoms with Crippen molar-refractivity contribution >= 4 is 5.97 Å². The fraction of sp³-hybridized carbons (Fsp3) is 0.750. The van der Waals surface area contributed by atoms with Crippen LogP contribution >= 0.6 is 0 Å². The van der Waals surface area contributed by atoms with E-state index >= 15 is 0 Å². The third kappa shape index (κ3) is 2.40. The molecule has 0 radical (unpaired) electrons. The molecule has 15 heavy (non-hydrogen) atoms. The highest BCUT2D eigenvalue weighted by Gasteiger charge is 2.40. The minimum absolute atomic E-state index is 0.0799. The van der Waals surface area contributed by atoms with Gasteiger partial charge in [-0.2, -0.15) is 0 Å². The number of esters is 1. The maximum Gasteiger partial charge on any atom is 0.330 e. The lowest BCUT2D eigenvalue weighted by Crippen LogP contribution is -2.43. The summed E-state index contributed by atoms with van der Waals surface area (Å²) < 4.78 is 10.7. The Morgan fingerprint density at radius 2 is 2.40 bits per heavy atom. The zero-order valence-electron chi connectivity index (χ0n) is 9.25.